The van der Waals surface area contributed by atoms with E-state index >= 15 is 0 Å². The Morgan fingerprint density at radius 3 is 2.68 bits per heavy atom. The first-order chi connectivity index (χ1) is 9.16. The number of allylic oxidation sites excluding steroid dienone is 1. The molecule has 1 aliphatic rings. The summed E-state index contributed by atoms with van der Waals surface area (Å²) in [6, 6.07) is 10.4. The topological polar surface area (TPSA) is 18.5 Å². The van der Waals surface area contributed by atoms with Crippen LogP contribution in [0.15, 0.2) is 36.4 Å². The van der Waals surface area contributed by atoms with Gasteiger partial charge in [0.2, 0.25) is 0 Å². The Labute approximate surface area is 116 Å². The predicted octanol–water partition coefficient (Wildman–Crippen LogP) is 4.41. The third-order valence-electron chi connectivity index (χ3n) is 3.32. The van der Waals surface area contributed by atoms with Gasteiger partial charge in [-0.1, -0.05) is 48.9 Å². The van der Waals surface area contributed by atoms with Crippen LogP contribution in [0.1, 0.15) is 45.1 Å². The predicted molar refractivity (Wildman–Crippen MR) is 78.8 cm³/mol. The highest BCUT2D eigenvalue weighted by Crippen LogP contribution is 2.25. The quantitative estimate of drug-likeness (QED) is 0.705. The maximum Gasteiger partial charge on any atom is 0.163 e. The van der Waals surface area contributed by atoms with Crippen molar-refractivity contribution in [3.63, 3.8) is 0 Å². The van der Waals surface area contributed by atoms with Gasteiger partial charge in [-0.15, -0.1) is 0 Å². The number of ether oxygens (including phenoxy) is 2. The molecule has 2 nitrogen and oxygen atoms in total. The van der Waals surface area contributed by atoms with Crippen molar-refractivity contribution < 1.29 is 9.47 Å². The van der Waals surface area contributed by atoms with Gasteiger partial charge in [-0.05, 0) is 38.7 Å². The van der Waals surface area contributed by atoms with E-state index in [0.29, 0.717) is 0 Å². The number of benzene rings is 1. The fourth-order valence-electron chi connectivity index (χ4n) is 2.32. The second-order valence-electron chi connectivity index (χ2n) is 5.55. The summed E-state index contributed by atoms with van der Waals surface area (Å²) >= 11 is 0. The van der Waals surface area contributed by atoms with Crippen molar-refractivity contribution in [1.29, 1.82) is 0 Å². The summed E-state index contributed by atoms with van der Waals surface area (Å²) in [6.07, 6.45) is 9.37. The zero-order valence-electron chi connectivity index (χ0n) is 12.0. The van der Waals surface area contributed by atoms with Crippen LogP contribution in [0.25, 0.3) is 6.08 Å². The van der Waals surface area contributed by atoms with Crippen molar-refractivity contribution in [2.24, 2.45) is 0 Å². The van der Waals surface area contributed by atoms with Gasteiger partial charge in [0, 0.05) is 0 Å². The van der Waals surface area contributed by atoms with Gasteiger partial charge in [0.05, 0.1) is 12.7 Å². The van der Waals surface area contributed by atoms with Crippen molar-refractivity contribution in [3.8, 4) is 0 Å². The van der Waals surface area contributed by atoms with E-state index in [1.54, 1.807) is 0 Å². The van der Waals surface area contributed by atoms with Gasteiger partial charge in [0.25, 0.3) is 0 Å². The van der Waals surface area contributed by atoms with E-state index in [4.69, 9.17) is 9.47 Å². The van der Waals surface area contributed by atoms with Crippen LogP contribution >= 0.6 is 0 Å². The SMILES string of the molecule is CC1(C)OCC(CCCC/C=C/c2ccccc2)O1. The average molecular weight is 260 g/mol. The highest BCUT2D eigenvalue weighted by atomic mass is 16.7. The molecule has 0 aliphatic carbocycles. The number of rotatable bonds is 6. The molecule has 0 radical (unpaired) electrons. The van der Waals surface area contributed by atoms with E-state index in [1.807, 2.05) is 19.9 Å². The molecule has 104 valence electrons. The molecule has 1 aromatic rings. The summed E-state index contributed by atoms with van der Waals surface area (Å²) in [5, 5.41) is 0. The summed E-state index contributed by atoms with van der Waals surface area (Å²) < 4.78 is 11.3. The molecule has 0 amide bonds. The second-order valence-corrected chi connectivity index (χ2v) is 5.55. The molecule has 1 aromatic carbocycles. The molecule has 2 rings (SSSR count). The van der Waals surface area contributed by atoms with Crippen LogP contribution in [-0.2, 0) is 9.47 Å². The average Bonchev–Trinajstić information content (AvgIpc) is 2.74. The summed E-state index contributed by atoms with van der Waals surface area (Å²) in [4.78, 5) is 0. The van der Waals surface area contributed by atoms with E-state index in [-0.39, 0.29) is 11.9 Å². The first-order valence-electron chi connectivity index (χ1n) is 7.19. The number of hydrogen-bond donors (Lipinski definition) is 0. The van der Waals surface area contributed by atoms with Crippen LogP contribution in [-0.4, -0.2) is 18.5 Å². The molecule has 2 heteroatoms. The highest BCUT2D eigenvalue weighted by Gasteiger charge is 2.31. The lowest BCUT2D eigenvalue weighted by atomic mass is 10.1. The fraction of sp³-hybridized carbons (Fsp3) is 0.529. The van der Waals surface area contributed by atoms with Gasteiger partial charge in [-0.2, -0.15) is 0 Å². The summed E-state index contributed by atoms with van der Waals surface area (Å²) in [7, 11) is 0. The van der Waals surface area contributed by atoms with Crippen molar-refractivity contribution in [2.75, 3.05) is 6.61 Å². The van der Waals surface area contributed by atoms with Crippen LogP contribution in [0.4, 0.5) is 0 Å². The largest absolute Gasteiger partial charge is 0.348 e. The Morgan fingerprint density at radius 2 is 2.00 bits per heavy atom. The molecule has 1 heterocycles. The minimum Gasteiger partial charge on any atom is -0.348 e. The van der Waals surface area contributed by atoms with Gasteiger partial charge in [-0.25, -0.2) is 0 Å². The molecule has 1 unspecified atom stereocenters. The normalized spacial score (nSPS) is 22.1. The van der Waals surface area contributed by atoms with Crippen LogP contribution in [0.5, 0.6) is 0 Å². The van der Waals surface area contributed by atoms with Gasteiger partial charge >= 0.3 is 0 Å². The lowest BCUT2D eigenvalue weighted by Gasteiger charge is -2.16. The zero-order valence-corrected chi connectivity index (χ0v) is 12.0. The Morgan fingerprint density at radius 1 is 1.21 bits per heavy atom. The lowest BCUT2D eigenvalue weighted by molar-refractivity contribution is -0.139. The molecule has 0 spiro atoms. The number of unbranched alkanes of at least 4 members (excludes halogenated alkanes) is 2. The van der Waals surface area contributed by atoms with Crippen LogP contribution in [0.3, 0.4) is 0 Å². The van der Waals surface area contributed by atoms with Crippen LogP contribution in [0, 0.1) is 0 Å². The highest BCUT2D eigenvalue weighted by molar-refractivity contribution is 5.48. The first-order valence-corrected chi connectivity index (χ1v) is 7.19. The fourth-order valence-corrected chi connectivity index (χ4v) is 2.32. The molecule has 19 heavy (non-hydrogen) atoms. The first kappa shape index (κ1) is 14.3. The van der Waals surface area contributed by atoms with Crippen molar-refractivity contribution >= 4 is 6.08 Å². The minimum absolute atomic E-state index is 0.285. The molecule has 1 atom stereocenters. The van der Waals surface area contributed by atoms with Gasteiger partial charge in [-0.3, -0.25) is 0 Å². The zero-order chi connectivity index (χ0) is 13.6. The minimum atomic E-state index is -0.377. The Hall–Kier alpha value is -1.12. The summed E-state index contributed by atoms with van der Waals surface area (Å²) in [6.45, 7) is 4.71. The molecule has 0 N–H and O–H groups in total. The molecule has 0 bridgehead atoms. The maximum absolute atomic E-state index is 5.78. The molecular formula is C17H24O2. The van der Waals surface area contributed by atoms with Gasteiger partial charge in [0.15, 0.2) is 5.79 Å². The standard InChI is InChI=1S/C17H24O2/c1-17(2)18-14-16(19-17)13-9-4-3-6-10-15-11-7-5-8-12-15/h5-8,10-12,16H,3-4,9,13-14H2,1-2H3/b10-6+. The van der Waals surface area contributed by atoms with Crippen molar-refractivity contribution in [3.05, 3.63) is 42.0 Å². The molecule has 1 aliphatic heterocycles. The van der Waals surface area contributed by atoms with Gasteiger partial charge in [0.1, 0.15) is 0 Å². The van der Waals surface area contributed by atoms with Crippen LogP contribution in [0.2, 0.25) is 0 Å². The van der Waals surface area contributed by atoms with E-state index in [1.165, 1.54) is 18.4 Å². The molecule has 0 aromatic heterocycles. The third kappa shape index (κ3) is 5.17. The van der Waals surface area contributed by atoms with Gasteiger partial charge < -0.3 is 9.47 Å². The number of hydrogen-bond acceptors (Lipinski definition) is 2. The second kappa shape index (κ2) is 6.88. The molecule has 0 saturated carbocycles. The van der Waals surface area contributed by atoms with E-state index in [2.05, 4.69) is 36.4 Å². The monoisotopic (exact) mass is 260 g/mol. The smallest absolute Gasteiger partial charge is 0.163 e. The molecule has 1 saturated heterocycles. The Balaban J connectivity index is 1.57. The lowest BCUT2D eigenvalue weighted by Crippen LogP contribution is -2.21. The summed E-state index contributed by atoms with van der Waals surface area (Å²) in [5.74, 6) is -0.377. The molecule has 1 fully saturated rings. The summed E-state index contributed by atoms with van der Waals surface area (Å²) in [5.41, 5.74) is 1.27. The van der Waals surface area contributed by atoms with E-state index < -0.39 is 0 Å². The van der Waals surface area contributed by atoms with Crippen molar-refractivity contribution in [2.45, 2.75) is 51.4 Å². The van der Waals surface area contributed by atoms with E-state index in [0.717, 1.165) is 19.4 Å². The third-order valence-corrected chi connectivity index (χ3v) is 3.32. The van der Waals surface area contributed by atoms with Crippen LogP contribution < -0.4 is 0 Å². The molecular weight excluding hydrogens is 236 g/mol. The Bertz CT molecular complexity index is 395. The van der Waals surface area contributed by atoms with Crippen molar-refractivity contribution in [1.82, 2.24) is 0 Å². The maximum atomic E-state index is 5.78. The van der Waals surface area contributed by atoms with E-state index in [9.17, 15) is 0 Å². The Kier molecular flexibility index (Phi) is 5.17.